The second kappa shape index (κ2) is 13.1. The van der Waals surface area contributed by atoms with Gasteiger partial charge in [-0.1, -0.05) is 101 Å². The van der Waals surface area contributed by atoms with Gasteiger partial charge >= 0.3 is 11.9 Å². The molecule has 0 heterocycles. The summed E-state index contributed by atoms with van der Waals surface area (Å²) in [5.74, 6) is 0.298. The van der Waals surface area contributed by atoms with E-state index in [-0.39, 0.29) is 11.9 Å². The average Bonchev–Trinajstić information content (AvgIpc) is 2.82. The normalized spacial score (nSPS) is 11.1. The third-order valence-corrected chi connectivity index (χ3v) is 6.30. The molecular weight excluding hydrogens is 424 g/mol. The zero-order chi connectivity index (χ0) is 24.3. The maximum atomic E-state index is 11.9. The van der Waals surface area contributed by atoms with Crippen LogP contribution < -0.4 is 9.47 Å². The van der Waals surface area contributed by atoms with Gasteiger partial charge < -0.3 is 9.47 Å². The van der Waals surface area contributed by atoms with Crippen LogP contribution >= 0.6 is 0 Å². The molecule has 0 aliphatic carbocycles. The van der Waals surface area contributed by atoms with Crippen LogP contribution in [0, 0.1) is 0 Å². The van der Waals surface area contributed by atoms with Crippen LogP contribution in [-0.2, 0) is 16.0 Å². The van der Waals surface area contributed by atoms with Gasteiger partial charge in [0.15, 0.2) is 0 Å². The van der Waals surface area contributed by atoms with Gasteiger partial charge in [-0.05, 0) is 24.5 Å². The third-order valence-electron chi connectivity index (χ3n) is 6.30. The van der Waals surface area contributed by atoms with Crippen LogP contribution in [0.5, 0.6) is 11.5 Å². The summed E-state index contributed by atoms with van der Waals surface area (Å²) in [6.45, 7) is 5.07. The first-order valence-electron chi connectivity index (χ1n) is 12.9. The van der Waals surface area contributed by atoms with E-state index in [0.717, 1.165) is 34.4 Å². The fourth-order valence-electron chi connectivity index (χ4n) is 4.63. The lowest BCUT2D eigenvalue weighted by Crippen LogP contribution is -2.06. The summed E-state index contributed by atoms with van der Waals surface area (Å²) in [4.78, 5) is 23.7. The summed E-state index contributed by atoms with van der Waals surface area (Å²) < 4.78 is 11.3. The minimum atomic E-state index is -0.374. The third kappa shape index (κ3) is 7.06. The summed E-state index contributed by atoms with van der Waals surface area (Å²) in [5.41, 5.74) is 1.20. The van der Waals surface area contributed by atoms with E-state index in [4.69, 9.17) is 9.47 Å². The van der Waals surface area contributed by atoms with Gasteiger partial charge in [0.25, 0.3) is 0 Å². The lowest BCUT2D eigenvalue weighted by atomic mass is 9.96. The Morgan fingerprint density at radius 2 is 1.09 bits per heavy atom. The molecule has 3 aromatic carbocycles. The topological polar surface area (TPSA) is 52.6 Å². The van der Waals surface area contributed by atoms with Crippen molar-refractivity contribution >= 4 is 33.5 Å². The van der Waals surface area contributed by atoms with E-state index in [1.807, 2.05) is 30.3 Å². The van der Waals surface area contributed by atoms with Crippen LogP contribution in [0.15, 0.2) is 42.5 Å². The molecule has 3 rings (SSSR count). The Labute approximate surface area is 203 Å². The van der Waals surface area contributed by atoms with Crippen LogP contribution in [0.4, 0.5) is 0 Å². The van der Waals surface area contributed by atoms with Gasteiger partial charge in [-0.15, -0.1) is 0 Å². The van der Waals surface area contributed by atoms with E-state index in [9.17, 15) is 9.59 Å². The van der Waals surface area contributed by atoms with Crippen molar-refractivity contribution in [2.75, 3.05) is 0 Å². The van der Waals surface area contributed by atoms with Crippen molar-refractivity contribution < 1.29 is 19.1 Å². The first-order valence-corrected chi connectivity index (χ1v) is 12.9. The Hall–Kier alpha value is -2.88. The van der Waals surface area contributed by atoms with E-state index in [1.54, 1.807) is 0 Å². The quantitative estimate of drug-likeness (QED) is 0.111. The molecule has 4 nitrogen and oxygen atoms in total. The zero-order valence-corrected chi connectivity index (χ0v) is 21.0. The molecule has 0 aromatic heterocycles. The number of carbonyl (C=O) groups excluding carboxylic acids is 2. The van der Waals surface area contributed by atoms with Crippen molar-refractivity contribution in [3.8, 4) is 11.5 Å². The number of hydrogen-bond acceptors (Lipinski definition) is 4. The van der Waals surface area contributed by atoms with Crippen LogP contribution in [0.3, 0.4) is 0 Å². The Balaban J connectivity index is 1.75. The molecule has 0 spiro atoms. The smallest absolute Gasteiger partial charge is 0.308 e. The molecule has 0 fully saturated rings. The summed E-state index contributed by atoms with van der Waals surface area (Å²) >= 11 is 0. The van der Waals surface area contributed by atoms with E-state index in [2.05, 4.69) is 19.1 Å². The van der Waals surface area contributed by atoms with Gasteiger partial charge in [0.05, 0.1) is 0 Å². The maximum Gasteiger partial charge on any atom is 0.308 e. The first-order chi connectivity index (χ1) is 16.5. The van der Waals surface area contributed by atoms with Crippen LogP contribution in [0.1, 0.15) is 90.5 Å². The number of ether oxygens (including phenoxy) is 2. The van der Waals surface area contributed by atoms with Crippen molar-refractivity contribution in [3.63, 3.8) is 0 Å². The lowest BCUT2D eigenvalue weighted by Gasteiger charge is -2.16. The molecular formula is C30H38O4. The van der Waals surface area contributed by atoms with E-state index < -0.39 is 0 Å². The largest absolute Gasteiger partial charge is 0.425 e. The Bertz CT molecular complexity index is 1120. The number of carbonyl (C=O) groups is 2. The molecule has 0 saturated heterocycles. The lowest BCUT2D eigenvalue weighted by molar-refractivity contribution is -0.132. The zero-order valence-electron chi connectivity index (χ0n) is 21.0. The van der Waals surface area contributed by atoms with Crippen molar-refractivity contribution in [2.24, 2.45) is 0 Å². The van der Waals surface area contributed by atoms with Gasteiger partial charge in [0, 0.05) is 35.4 Å². The van der Waals surface area contributed by atoms with Crippen LogP contribution in [0.2, 0.25) is 0 Å². The maximum absolute atomic E-state index is 11.9. The molecule has 0 saturated carbocycles. The molecule has 0 N–H and O–H groups in total. The van der Waals surface area contributed by atoms with Crippen molar-refractivity contribution in [3.05, 3.63) is 48.0 Å². The predicted octanol–water partition coefficient (Wildman–Crippen LogP) is 8.31. The monoisotopic (exact) mass is 462 g/mol. The molecule has 34 heavy (non-hydrogen) atoms. The molecule has 3 aromatic rings. The number of fused-ring (bicyclic) bond motifs is 2. The summed E-state index contributed by atoms with van der Waals surface area (Å²) in [6, 6.07) is 13.7. The van der Waals surface area contributed by atoms with Gasteiger partial charge in [-0.2, -0.15) is 0 Å². The molecule has 0 unspecified atom stereocenters. The van der Waals surface area contributed by atoms with E-state index in [1.165, 1.54) is 77.2 Å². The minimum absolute atomic E-state index is 0.369. The van der Waals surface area contributed by atoms with Gasteiger partial charge in [-0.3, -0.25) is 9.59 Å². The number of benzene rings is 3. The molecule has 0 aliphatic rings. The highest BCUT2D eigenvalue weighted by molar-refractivity contribution is 6.12. The Morgan fingerprint density at radius 3 is 1.62 bits per heavy atom. The fraction of sp³-hybridized carbons (Fsp3) is 0.467. The highest BCUT2D eigenvalue weighted by Crippen LogP contribution is 2.43. The highest BCUT2D eigenvalue weighted by atomic mass is 16.5. The first kappa shape index (κ1) is 25.7. The highest BCUT2D eigenvalue weighted by Gasteiger charge is 2.18. The fourth-order valence-corrected chi connectivity index (χ4v) is 4.63. The molecule has 4 heteroatoms. The number of unbranched alkanes of at least 4 members (excludes halogenated alkanes) is 9. The van der Waals surface area contributed by atoms with Crippen LogP contribution in [0.25, 0.3) is 21.5 Å². The van der Waals surface area contributed by atoms with Gasteiger partial charge in [0.1, 0.15) is 11.5 Å². The number of rotatable bonds is 13. The molecule has 0 aliphatic heterocycles. The van der Waals surface area contributed by atoms with Crippen molar-refractivity contribution in [1.82, 2.24) is 0 Å². The van der Waals surface area contributed by atoms with Crippen molar-refractivity contribution in [1.29, 1.82) is 0 Å². The molecule has 0 bridgehead atoms. The molecule has 0 atom stereocenters. The van der Waals surface area contributed by atoms with E-state index >= 15 is 0 Å². The van der Waals surface area contributed by atoms with E-state index in [0.29, 0.717) is 11.5 Å². The average molecular weight is 463 g/mol. The van der Waals surface area contributed by atoms with Gasteiger partial charge in [-0.25, -0.2) is 0 Å². The predicted molar refractivity (Wildman–Crippen MR) is 140 cm³/mol. The van der Waals surface area contributed by atoms with Crippen molar-refractivity contribution in [2.45, 2.75) is 91.4 Å². The Kier molecular flexibility index (Phi) is 9.93. The molecule has 182 valence electrons. The summed E-state index contributed by atoms with van der Waals surface area (Å²) in [6.07, 6.45) is 14.1. The minimum Gasteiger partial charge on any atom is -0.425 e. The standard InChI is InChI=1S/C30H38O4/c1-4-5-6-7-8-9-10-11-12-13-16-24-19-20-27-28(21-24)30(34-23(3)32)26-18-15-14-17-25(26)29(27)33-22(2)31/h14-15,17-21H,4-13,16H2,1-3H3. The second-order valence-corrected chi connectivity index (χ2v) is 9.20. The second-order valence-electron chi connectivity index (χ2n) is 9.20. The number of esters is 2. The number of hydrogen-bond donors (Lipinski definition) is 0. The number of aryl methyl sites for hydroxylation is 1. The molecule has 0 amide bonds. The SMILES string of the molecule is CCCCCCCCCCCCc1ccc2c(OC(C)=O)c3ccccc3c(OC(C)=O)c2c1. The van der Waals surface area contributed by atoms with Crippen LogP contribution in [-0.4, -0.2) is 11.9 Å². The Morgan fingerprint density at radius 1 is 0.618 bits per heavy atom. The summed E-state index contributed by atoms with van der Waals surface area (Å²) in [5, 5.41) is 3.09. The summed E-state index contributed by atoms with van der Waals surface area (Å²) in [7, 11) is 0. The molecule has 0 radical (unpaired) electrons. The van der Waals surface area contributed by atoms with Gasteiger partial charge in [0.2, 0.25) is 0 Å².